The number of benzene rings is 2. The fourth-order valence-corrected chi connectivity index (χ4v) is 2.39. The first kappa shape index (κ1) is 15.6. The molecule has 0 saturated carbocycles. The van der Waals surface area contributed by atoms with Crippen molar-refractivity contribution >= 4 is 17.5 Å². The van der Waals surface area contributed by atoms with Crippen molar-refractivity contribution in [1.29, 1.82) is 0 Å². The molecular weight excluding hydrogens is 282 g/mol. The molecule has 21 heavy (non-hydrogen) atoms. The highest BCUT2D eigenvalue weighted by Crippen LogP contribution is 2.18. The molecule has 2 aromatic rings. The Morgan fingerprint density at radius 2 is 1.90 bits per heavy atom. The zero-order valence-corrected chi connectivity index (χ0v) is 13.2. The monoisotopic (exact) mass is 301 g/mol. The maximum atomic E-state index is 12.0. The van der Waals surface area contributed by atoms with Crippen LogP contribution in [0.1, 0.15) is 36.1 Å². The van der Waals surface area contributed by atoms with E-state index >= 15 is 0 Å². The van der Waals surface area contributed by atoms with E-state index in [1.54, 1.807) is 0 Å². The summed E-state index contributed by atoms with van der Waals surface area (Å²) in [6.45, 7) is 3.97. The van der Waals surface area contributed by atoms with Gasteiger partial charge in [-0.3, -0.25) is 4.79 Å². The SMILES string of the molecule is Cc1ccc(CCC(=O)N[C@@H](C)c2ccccc2)cc1Cl. The molecule has 0 radical (unpaired) electrons. The van der Waals surface area contributed by atoms with Crippen molar-refractivity contribution in [3.63, 3.8) is 0 Å². The Hall–Kier alpha value is -1.80. The molecule has 0 saturated heterocycles. The normalized spacial score (nSPS) is 12.0. The minimum absolute atomic E-state index is 0.0281. The Morgan fingerprint density at radius 1 is 1.19 bits per heavy atom. The first-order chi connectivity index (χ1) is 10.1. The van der Waals surface area contributed by atoms with Crippen LogP contribution in [0.2, 0.25) is 5.02 Å². The Bertz CT molecular complexity index is 610. The lowest BCUT2D eigenvalue weighted by molar-refractivity contribution is -0.121. The summed E-state index contributed by atoms with van der Waals surface area (Å²) in [6.07, 6.45) is 1.17. The van der Waals surface area contributed by atoms with E-state index in [2.05, 4.69) is 5.32 Å². The number of carbonyl (C=O) groups is 1. The van der Waals surface area contributed by atoms with Crippen LogP contribution >= 0.6 is 11.6 Å². The number of hydrogen-bond donors (Lipinski definition) is 1. The van der Waals surface area contributed by atoms with Gasteiger partial charge >= 0.3 is 0 Å². The van der Waals surface area contributed by atoms with Gasteiger partial charge < -0.3 is 5.32 Å². The van der Waals surface area contributed by atoms with Crippen molar-refractivity contribution in [3.8, 4) is 0 Å². The summed E-state index contributed by atoms with van der Waals surface area (Å²) in [4.78, 5) is 12.0. The Kier molecular flexibility index (Phi) is 5.40. The smallest absolute Gasteiger partial charge is 0.220 e. The minimum atomic E-state index is 0.0281. The summed E-state index contributed by atoms with van der Waals surface area (Å²) in [5.41, 5.74) is 3.26. The van der Waals surface area contributed by atoms with Crippen LogP contribution in [-0.4, -0.2) is 5.91 Å². The lowest BCUT2D eigenvalue weighted by atomic mass is 10.1. The van der Waals surface area contributed by atoms with Crippen molar-refractivity contribution in [1.82, 2.24) is 5.32 Å². The molecule has 110 valence electrons. The highest BCUT2D eigenvalue weighted by Gasteiger charge is 2.09. The Morgan fingerprint density at radius 3 is 2.57 bits per heavy atom. The fourth-order valence-electron chi connectivity index (χ4n) is 2.19. The van der Waals surface area contributed by atoms with Crippen LogP contribution in [0.15, 0.2) is 48.5 Å². The molecule has 0 fully saturated rings. The van der Waals surface area contributed by atoms with Gasteiger partial charge in [-0.15, -0.1) is 0 Å². The van der Waals surface area contributed by atoms with Crippen LogP contribution in [0, 0.1) is 6.92 Å². The van der Waals surface area contributed by atoms with Crippen LogP contribution < -0.4 is 5.32 Å². The van der Waals surface area contributed by atoms with Crippen molar-refractivity contribution in [2.24, 2.45) is 0 Å². The molecule has 1 N–H and O–H groups in total. The summed E-state index contributed by atoms with van der Waals surface area (Å²) in [7, 11) is 0. The van der Waals surface area contributed by atoms with Gasteiger partial charge in [0.1, 0.15) is 0 Å². The molecule has 2 aromatic carbocycles. The number of nitrogens with one attached hydrogen (secondary N) is 1. The molecule has 3 heteroatoms. The van der Waals surface area contributed by atoms with Gasteiger partial charge in [0.05, 0.1) is 6.04 Å². The number of rotatable bonds is 5. The van der Waals surface area contributed by atoms with Gasteiger partial charge in [-0.1, -0.05) is 54.1 Å². The maximum Gasteiger partial charge on any atom is 0.220 e. The second-order valence-corrected chi connectivity index (χ2v) is 5.69. The number of carbonyl (C=O) groups excluding carboxylic acids is 1. The van der Waals surface area contributed by atoms with Crippen molar-refractivity contribution < 1.29 is 4.79 Å². The second-order valence-electron chi connectivity index (χ2n) is 5.28. The topological polar surface area (TPSA) is 29.1 Å². The predicted molar refractivity (Wildman–Crippen MR) is 87.5 cm³/mol. The zero-order valence-electron chi connectivity index (χ0n) is 12.4. The summed E-state index contributed by atoms with van der Waals surface area (Å²) in [6, 6.07) is 15.9. The van der Waals surface area contributed by atoms with E-state index in [-0.39, 0.29) is 11.9 Å². The van der Waals surface area contributed by atoms with Crippen LogP contribution in [-0.2, 0) is 11.2 Å². The molecular formula is C18H20ClNO. The van der Waals surface area contributed by atoms with E-state index in [0.29, 0.717) is 12.8 Å². The van der Waals surface area contributed by atoms with Gasteiger partial charge in [0.15, 0.2) is 0 Å². The number of halogens is 1. The molecule has 0 aliphatic rings. The fraction of sp³-hybridized carbons (Fsp3) is 0.278. The highest BCUT2D eigenvalue weighted by atomic mass is 35.5. The third-order valence-electron chi connectivity index (χ3n) is 3.55. The third-order valence-corrected chi connectivity index (χ3v) is 3.96. The van der Waals surface area contributed by atoms with E-state index in [0.717, 1.165) is 21.7 Å². The lowest BCUT2D eigenvalue weighted by Gasteiger charge is -2.14. The number of hydrogen-bond acceptors (Lipinski definition) is 1. The third kappa shape index (κ3) is 4.61. The van der Waals surface area contributed by atoms with Crippen LogP contribution in [0.5, 0.6) is 0 Å². The Balaban J connectivity index is 1.86. The number of aryl methyl sites for hydroxylation is 2. The molecule has 0 bridgehead atoms. The van der Waals surface area contributed by atoms with Crippen molar-refractivity contribution in [2.75, 3.05) is 0 Å². The molecule has 2 rings (SSSR count). The standard InChI is InChI=1S/C18H20ClNO/c1-13-8-9-15(12-17(13)19)10-11-18(21)20-14(2)16-6-4-3-5-7-16/h3-9,12,14H,10-11H2,1-2H3,(H,20,21)/t14-/m0/s1. The van der Waals surface area contributed by atoms with Gasteiger partial charge in [-0.25, -0.2) is 0 Å². The van der Waals surface area contributed by atoms with Crippen molar-refractivity contribution in [2.45, 2.75) is 32.7 Å². The maximum absolute atomic E-state index is 12.0. The van der Waals surface area contributed by atoms with Crippen LogP contribution in [0.4, 0.5) is 0 Å². The predicted octanol–water partition coefficient (Wildman–Crippen LogP) is 4.46. The highest BCUT2D eigenvalue weighted by molar-refractivity contribution is 6.31. The van der Waals surface area contributed by atoms with E-state index in [9.17, 15) is 4.79 Å². The molecule has 0 aliphatic carbocycles. The van der Waals surface area contributed by atoms with E-state index in [1.807, 2.05) is 62.4 Å². The molecule has 1 atom stereocenters. The summed E-state index contributed by atoms with van der Waals surface area (Å²) < 4.78 is 0. The molecule has 0 heterocycles. The average molecular weight is 302 g/mol. The molecule has 0 unspecified atom stereocenters. The quantitative estimate of drug-likeness (QED) is 0.868. The van der Waals surface area contributed by atoms with Crippen LogP contribution in [0.25, 0.3) is 0 Å². The van der Waals surface area contributed by atoms with Crippen molar-refractivity contribution in [3.05, 3.63) is 70.2 Å². The Labute approximate surface area is 131 Å². The molecule has 1 amide bonds. The summed E-state index contributed by atoms with van der Waals surface area (Å²) >= 11 is 6.09. The van der Waals surface area contributed by atoms with Crippen LogP contribution in [0.3, 0.4) is 0 Å². The van der Waals surface area contributed by atoms with Gasteiger partial charge in [-0.05, 0) is 43.0 Å². The van der Waals surface area contributed by atoms with Gasteiger partial charge in [0.25, 0.3) is 0 Å². The van der Waals surface area contributed by atoms with Gasteiger partial charge in [0.2, 0.25) is 5.91 Å². The second kappa shape index (κ2) is 7.28. The van der Waals surface area contributed by atoms with Gasteiger partial charge in [0, 0.05) is 11.4 Å². The largest absolute Gasteiger partial charge is 0.350 e. The molecule has 0 spiro atoms. The lowest BCUT2D eigenvalue weighted by Crippen LogP contribution is -2.26. The summed E-state index contributed by atoms with van der Waals surface area (Å²) in [5, 5.41) is 3.78. The number of amides is 1. The first-order valence-electron chi connectivity index (χ1n) is 7.15. The summed E-state index contributed by atoms with van der Waals surface area (Å²) in [5.74, 6) is 0.0584. The van der Waals surface area contributed by atoms with Gasteiger partial charge in [-0.2, -0.15) is 0 Å². The molecule has 2 nitrogen and oxygen atoms in total. The minimum Gasteiger partial charge on any atom is -0.350 e. The average Bonchev–Trinajstić information content (AvgIpc) is 2.49. The molecule has 0 aromatic heterocycles. The van der Waals surface area contributed by atoms with E-state index in [1.165, 1.54) is 0 Å². The van der Waals surface area contributed by atoms with E-state index in [4.69, 9.17) is 11.6 Å². The van der Waals surface area contributed by atoms with E-state index < -0.39 is 0 Å². The first-order valence-corrected chi connectivity index (χ1v) is 7.53. The zero-order chi connectivity index (χ0) is 15.2. The molecule has 0 aliphatic heterocycles.